The number of unbranched alkanes of at least 4 members (excludes halogenated alkanes) is 8. The highest BCUT2D eigenvalue weighted by atomic mass is 19.2. The Kier molecular flexibility index (Phi) is 10.8. The molecule has 0 unspecified atom stereocenters. The number of rotatable bonds is 14. The van der Waals surface area contributed by atoms with Crippen molar-refractivity contribution in [2.75, 3.05) is 0 Å². The molecule has 0 spiro atoms. The zero-order chi connectivity index (χ0) is 24.2. The van der Waals surface area contributed by atoms with Crippen molar-refractivity contribution in [3.05, 3.63) is 83.4 Å². The molecule has 2 heteroatoms. The second kappa shape index (κ2) is 14.0. The molecule has 3 aromatic rings. The first-order chi connectivity index (χ1) is 16.6. The second-order valence-electron chi connectivity index (χ2n) is 9.50. The highest BCUT2D eigenvalue weighted by Crippen LogP contribution is 2.29. The minimum atomic E-state index is -0.739. The largest absolute Gasteiger partial charge is 0.203 e. The van der Waals surface area contributed by atoms with E-state index in [2.05, 4.69) is 38.1 Å². The van der Waals surface area contributed by atoms with Crippen molar-refractivity contribution >= 4 is 0 Å². The van der Waals surface area contributed by atoms with Gasteiger partial charge in [0.25, 0.3) is 0 Å². The maximum Gasteiger partial charge on any atom is 0.166 e. The molecule has 0 aliphatic carbocycles. The lowest BCUT2D eigenvalue weighted by atomic mass is 9.97. The zero-order valence-electron chi connectivity index (χ0n) is 21.0. The molecule has 0 radical (unpaired) electrons. The van der Waals surface area contributed by atoms with Crippen molar-refractivity contribution in [2.24, 2.45) is 0 Å². The van der Waals surface area contributed by atoms with E-state index in [1.165, 1.54) is 50.5 Å². The molecule has 0 saturated heterocycles. The van der Waals surface area contributed by atoms with Crippen LogP contribution in [0.3, 0.4) is 0 Å². The van der Waals surface area contributed by atoms with E-state index in [1.807, 2.05) is 24.3 Å². The van der Waals surface area contributed by atoms with Crippen LogP contribution in [0.25, 0.3) is 22.3 Å². The summed E-state index contributed by atoms with van der Waals surface area (Å²) in [7, 11) is 0. The molecular formula is C32H40F2. The Morgan fingerprint density at radius 1 is 0.471 bits per heavy atom. The van der Waals surface area contributed by atoms with Gasteiger partial charge in [-0.1, -0.05) is 126 Å². The van der Waals surface area contributed by atoms with Crippen molar-refractivity contribution in [2.45, 2.75) is 90.9 Å². The van der Waals surface area contributed by atoms with E-state index < -0.39 is 11.6 Å². The lowest BCUT2D eigenvalue weighted by Gasteiger charge is -2.10. The predicted molar refractivity (Wildman–Crippen MR) is 142 cm³/mol. The molecule has 0 aliphatic rings. The van der Waals surface area contributed by atoms with Crippen molar-refractivity contribution in [1.82, 2.24) is 0 Å². The van der Waals surface area contributed by atoms with Gasteiger partial charge < -0.3 is 0 Å². The highest BCUT2D eigenvalue weighted by molar-refractivity contribution is 5.71. The average Bonchev–Trinajstić information content (AvgIpc) is 2.87. The van der Waals surface area contributed by atoms with Crippen LogP contribution < -0.4 is 0 Å². The third kappa shape index (κ3) is 7.52. The summed E-state index contributed by atoms with van der Waals surface area (Å²) < 4.78 is 29.3. The van der Waals surface area contributed by atoms with Crippen molar-refractivity contribution in [3.63, 3.8) is 0 Å². The Labute approximate surface area is 205 Å². The summed E-state index contributed by atoms with van der Waals surface area (Å²) in [6.45, 7) is 4.36. The molecule has 0 fully saturated rings. The van der Waals surface area contributed by atoms with Gasteiger partial charge in [-0.15, -0.1) is 0 Å². The monoisotopic (exact) mass is 462 g/mol. The van der Waals surface area contributed by atoms with Crippen LogP contribution in [0.4, 0.5) is 8.78 Å². The van der Waals surface area contributed by atoms with Crippen molar-refractivity contribution < 1.29 is 8.78 Å². The van der Waals surface area contributed by atoms with Crippen LogP contribution in [0.1, 0.15) is 89.2 Å². The van der Waals surface area contributed by atoms with Crippen LogP contribution in [-0.2, 0) is 12.8 Å². The minimum Gasteiger partial charge on any atom is -0.203 e. The maximum absolute atomic E-state index is 14.8. The Morgan fingerprint density at radius 3 is 1.62 bits per heavy atom. The lowest BCUT2D eigenvalue weighted by Crippen LogP contribution is -1.97. The number of benzene rings is 3. The molecule has 0 saturated carbocycles. The van der Waals surface area contributed by atoms with Gasteiger partial charge in [-0.2, -0.15) is 0 Å². The fourth-order valence-electron chi connectivity index (χ4n) is 4.56. The van der Waals surface area contributed by atoms with Gasteiger partial charge in [0.05, 0.1) is 0 Å². The van der Waals surface area contributed by atoms with Gasteiger partial charge in [0, 0.05) is 5.56 Å². The van der Waals surface area contributed by atoms with Crippen LogP contribution in [0.15, 0.2) is 60.7 Å². The van der Waals surface area contributed by atoms with Gasteiger partial charge in [-0.05, 0) is 53.5 Å². The molecule has 182 valence electrons. The van der Waals surface area contributed by atoms with Gasteiger partial charge in [0.1, 0.15) is 0 Å². The van der Waals surface area contributed by atoms with Crippen molar-refractivity contribution in [1.29, 1.82) is 0 Å². The van der Waals surface area contributed by atoms with Crippen molar-refractivity contribution in [3.8, 4) is 22.3 Å². The average molecular weight is 463 g/mol. The molecule has 0 amide bonds. The summed E-state index contributed by atoms with van der Waals surface area (Å²) in [5, 5.41) is 0. The Morgan fingerprint density at radius 2 is 0.971 bits per heavy atom. The van der Waals surface area contributed by atoms with Gasteiger partial charge in [0.15, 0.2) is 11.6 Å². The van der Waals surface area contributed by atoms with E-state index >= 15 is 0 Å². The molecule has 34 heavy (non-hydrogen) atoms. The van der Waals surface area contributed by atoms with Gasteiger partial charge in [0.2, 0.25) is 0 Å². The van der Waals surface area contributed by atoms with Gasteiger partial charge in [-0.3, -0.25) is 0 Å². The third-order valence-electron chi connectivity index (χ3n) is 6.76. The smallest absolute Gasteiger partial charge is 0.166 e. The molecule has 0 bridgehead atoms. The SMILES string of the molecule is CCCCCCCCCc1ccc(-c2ccc(-c3ccc(CCCCC)c(F)c3F)cc2)cc1. The Bertz CT molecular complexity index is 987. The fraction of sp³-hybridized carbons (Fsp3) is 0.438. The third-order valence-corrected chi connectivity index (χ3v) is 6.76. The quantitative estimate of drug-likeness (QED) is 0.209. The van der Waals surface area contributed by atoms with Gasteiger partial charge >= 0.3 is 0 Å². The van der Waals surface area contributed by atoms with E-state index in [0.29, 0.717) is 23.1 Å². The molecule has 0 nitrogen and oxygen atoms in total. The van der Waals surface area contributed by atoms with Crippen LogP contribution in [0.2, 0.25) is 0 Å². The number of aryl methyl sites for hydroxylation is 2. The molecule has 0 N–H and O–H groups in total. The molecule has 0 atom stereocenters. The lowest BCUT2D eigenvalue weighted by molar-refractivity contribution is 0.498. The van der Waals surface area contributed by atoms with E-state index in [1.54, 1.807) is 12.1 Å². The molecule has 3 rings (SSSR count). The summed E-state index contributed by atoms with van der Waals surface area (Å²) in [5.74, 6) is -1.44. The normalized spacial score (nSPS) is 11.2. The molecule has 3 aromatic carbocycles. The predicted octanol–water partition coefficient (Wildman–Crippen LogP) is 10.3. The molecule has 0 heterocycles. The fourth-order valence-corrected chi connectivity index (χ4v) is 4.56. The number of hydrogen-bond acceptors (Lipinski definition) is 0. The van der Waals surface area contributed by atoms with E-state index in [-0.39, 0.29) is 0 Å². The number of halogens is 2. The highest BCUT2D eigenvalue weighted by Gasteiger charge is 2.14. The first-order valence-electron chi connectivity index (χ1n) is 13.3. The topological polar surface area (TPSA) is 0 Å². The minimum absolute atomic E-state index is 0.327. The van der Waals surface area contributed by atoms with Crippen LogP contribution in [0.5, 0.6) is 0 Å². The summed E-state index contributed by atoms with van der Waals surface area (Å²) in [4.78, 5) is 0. The number of hydrogen-bond donors (Lipinski definition) is 0. The Hall–Kier alpha value is -2.48. The second-order valence-corrected chi connectivity index (χ2v) is 9.50. The summed E-state index contributed by atoms with van der Waals surface area (Å²) in [5.41, 5.74) is 5.12. The van der Waals surface area contributed by atoms with Crippen LogP contribution in [-0.4, -0.2) is 0 Å². The summed E-state index contributed by atoms with van der Waals surface area (Å²) in [6, 6.07) is 20.0. The zero-order valence-corrected chi connectivity index (χ0v) is 21.0. The Balaban J connectivity index is 1.57. The summed E-state index contributed by atoms with van der Waals surface area (Å²) in [6.07, 6.45) is 14.0. The van der Waals surface area contributed by atoms with E-state index in [0.717, 1.165) is 36.8 Å². The molecular weight excluding hydrogens is 422 g/mol. The first-order valence-corrected chi connectivity index (χ1v) is 13.3. The van der Waals surface area contributed by atoms with Gasteiger partial charge in [-0.25, -0.2) is 8.78 Å². The molecule has 0 aliphatic heterocycles. The van der Waals surface area contributed by atoms with E-state index in [4.69, 9.17) is 0 Å². The summed E-state index contributed by atoms with van der Waals surface area (Å²) >= 11 is 0. The van der Waals surface area contributed by atoms with E-state index in [9.17, 15) is 8.78 Å². The molecule has 0 aromatic heterocycles. The van der Waals surface area contributed by atoms with Crippen LogP contribution in [0, 0.1) is 11.6 Å². The van der Waals surface area contributed by atoms with Crippen LogP contribution >= 0.6 is 0 Å². The maximum atomic E-state index is 14.8. The standard InChI is InChI=1S/C32H40F2/c1-3-5-7-8-9-10-12-13-25-15-17-26(18-16-25)27-19-21-28(22-20-27)30-24-23-29(14-11-6-4-2)31(33)32(30)34/h15-24H,3-14H2,1-2H3. The first kappa shape index (κ1) is 26.1.